The van der Waals surface area contributed by atoms with E-state index in [4.69, 9.17) is 4.74 Å². The quantitative estimate of drug-likeness (QED) is 0.318. The average Bonchev–Trinajstić information content (AvgIpc) is 2.81. The van der Waals surface area contributed by atoms with Gasteiger partial charge in [-0.05, 0) is 147 Å². The molecule has 0 aliphatic heterocycles. The second-order valence-electron chi connectivity index (χ2n) is 18.7. The summed E-state index contributed by atoms with van der Waals surface area (Å²) in [6.07, 6.45) is 14.8. The molecule has 5 aliphatic rings. The van der Waals surface area contributed by atoms with Gasteiger partial charge >= 0.3 is 5.97 Å². The lowest BCUT2D eigenvalue weighted by molar-refractivity contribution is -0.304. The molecule has 0 aromatic carbocycles. The molecule has 5 rings (SSSR count). The molecule has 5 aliphatic carbocycles. The minimum absolute atomic E-state index is 0.0233. The molecule has 10 atom stereocenters. The van der Waals surface area contributed by atoms with Crippen LogP contribution in [0.15, 0.2) is 0 Å². The number of carbonyl (C=O) groups is 1. The monoisotopic (exact) mass is 526 g/mol. The molecule has 0 aromatic heterocycles. The topological polar surface area (TPSA) is 26.3 Å². The van der Waals surface area contributed by atoms with Crippen LogP contribution >= 0.6 is 0 Å². The first-order valence-corrected chi connectivity index (χ1v) is 16.4. The Morgan fingerprint density at radius 3 is 1.79 bits per heavy atom. The van der Waals surface area contributed by atoms with E-state index in [1.165, 1.54) is 64.2 Å². The smallest absolute Gasteiger partial charge is 0.311 e. The van der Waals surface area contributed by atoms with E-state index in [9.17, 15) is 4.79 Å². The Morgan fingerprint density at radius 2 is 1.21 bits per heavy atom. The number of ether oxygens (including phenoxy) is 1. The average molecular weight is 527 g/mol. The van der Waals surface area contributed by atoms with E-state index >= 15 is 0 Å². The van der Waals surface area contributed by atoms with Crippen molar-refractivity contribution in [3.8, 4) is 0 Å². The van der Waals surface area contributed by atoms with Gasteiger partial charge in [0.05, 0.1) is 5.41 Å². The predicted molar refractivity (Wildman–Crippen MR) is 159 cm³/mol. The van der Waals surface area contributed by atoms with E-state index in [1.807, 2.05) is 20.8 Å². The summed E-state index contributed by atoms with van der Waals surface area (Å²) >= 11 is 0. The minimum Gasteiger partial charge on any atom is -0.462 e. The van der Waals surface area contributed by atoms with E-state index in [0.29, 0.717) is 44.3 Å². The highest BCUT2D eigenvalue weighted by Crippen LogP contribution is 2.82. The lowest BCUT2D eigenvalue weighted by Crippen LogP contribution is -2.72. The highest BCUT2D eigenvalue weighted by atomic mass is 16.5. The number of carbonyl (C=O) groups excluding carboxylic acids is 1. The van der Waals surface area contributed by atoms with Crippen LogP contribution in [0.4, 0.5) is 0 Å². The van der Waals surface area contributed by atoms with Crippen molar-refractivity contribution < 1.29 is 9.53 Å². The Balaban J connectivity index is 1.49. The molecule has 0 saturated heterocycles. The zero-order valence-electron chi connectivity index (χ0n) is 27.4. The van der Waals surface area contributed by atoms with Crippen molar-refractivity contribution in [2.75, 3.05) is 0 Å². The first-order chi connectivity index (χ1) is 17.2. The van der Waals surface area contributed by atoms with Crippen molar-refractivity contribution in [1.82, 2.24) is 0 Å². The van der Waals surface area contributed by atoms with Crippen LogP contribution in [-0.4, -0.2) is 12.1 Å². The maximum Gasteiger partial charge on any atom is 0.311 e. The predicted octanol–water partition coefficient (Wildman–Crippen LogP) is 10.2. The van der Waals surface area contributed by atoms with Gasteiger partial charge in [0.25, 0.3) is 0 Å². The Hall–Kier alpha value is -0.530. The van der Waals surface area contributed by atoms with E-state index in [2.05, 4.69) is 62.3 Å². The van der Waals surface area contributed by atoms with Crippen molar-refractivity contribution in [3.63, 3.8) is 0 Å². The Morgan fingerprint density at radius 1 is 0.684 bits per heavy atom. The zero-order valence-corrected chi connectivity index (χ0v) is 27.4. The van der Waals surface area contributed by atoms with Crippen LogP contribution in [0.2, 0.25) is 0 Å². The molecule has 2 nitrogen and oxygen atoms in total. The van der Waals surface area contributed by atoms with Gasteiger partial charge < -0.3 is 4.74 Å². The molecule has 0 aromatic rings. The molecule has 0 amide bonds. The van der Waals surface area contributed by atoms with Crippen molar-refractivity contribution in [2.45, 2.75) is 160 Å². The van der Waals surface area contributed by atoms with Crippen molar-refractivity contribution >= 4 is 5.97 Å². The van der Waals surface area contributed by atoms with Crippen LogP contribution in [0.25, 0.3) is 0 Å². The summed E-state index contributed by atoms with van der Waals surface area (Å²) in [6.45, 7) is 29.8. The maximum atomic E-state index is 12.9. The fourth-order valence-electron chi connectivity index (χ4n) is 12.2. The summed E-state index contributed by atoms with van der Waals surface area (Å²) in [5.41, 5.74) is 2.33. The molecule has 0 N–H and O–H groups in total. The summed E-state index contributed by atoms with van der Waals surface area (Å²) in [5.74, 6) is 1.96. The summed E-state index contributed by atoms with van der Waals surface area (Å²) in [4.78, 5) is 12.9. The molecular weight excluding hydrogens is 464 g/mol. The van der Waals surface area contributed by atoms with Crippen molar-refractivity contribution in [2.24, 2.45) is 61.1 Å². The second kappa shape index (κ2) is 8.27. The molecule has 0 spiro atoms. The standard InChI is InChI=1S/C36H62O2/c1-24-25(38-28(37)29(2,3)4)13-14-26-32(24,8)18-22-36(12)33(26,9)19-20-34(10)27-23-30(5,6)15-16-31(27,7)17-21-35(34,36)11/h24-27H,13-23H2,1-12H3/t24-,25-,26+,27+,31+,32+,33-,34-,35-,36-/m0/s1. The summed E-state index contributed by atoms with van der Waals surface area (Å²) in [7, 11) is 0. The van der Waals surface area contributed by atoms with Crippen LogP contribution in [0.5, 0.6) is 0 Å². The lowest BCUT2D eigenvalue weighted by Gasteiger charge is -2.79. The summed E-state index contributed by atoms with van der Waals surface area (Å²) < 4.78 is 6.25. The molecule has 0 radical (unpaired) electrons. The number of hydrogen-bond donors (Lipinski definition) is 0. The van der Waals surface area contributed by atoms with Crippen LogP contribution in [-0.2, 0) is 9.53 Å². The third-order valence-corrected chi connectivity index (χ3v) is 15.8. The van der Waals surface area contributed by atoms with Gasteiger partial charge in [0.15, 0.2) is 0 Å². The third kappa shape index (κ3) is 3.58. The van der Waals surface area contributed by atoms with Gasteiger partial charge in [-0.3, -0.25) is 4.79 Å². The third-order valence-electron chi connectivity index (χ3n) is 15.8. The van der Waals surface area contributed by atoms with E-state index < -0.39 is 5.41 Å². The lowest BCUT2D eigenvalue weighted by atomic mass is 9.26. The SMILES string of the molecule is C[C@H]1[C@@H](OC(=O)C(C)(C)C)CC[C@@H]2[C@]1(C)CC[C@]1(C)[C@@]3(C)CC[C@@]4(C)CCC(C)(C)C[C@H]4[C@]3(C)CC[C@@]21C. The number of fused-ring (bicyclic) bond motifs is 7. The zero-order chi connectivity index (χ0) is 28.4. The van der Waals surface area contributed by atoms with Gasteiger partial charge in [0.2, 0.25) is 0 Å². The van der Waals surface area contributed by atoms with Crippen LogP contribution < -0.4 is 0 Å². The van der Waals surface area contributed by atoms with Gasteiger partial charge in [-0.25, -0.2) is 0 Å². The van der Waals surface area contributed by atoms with Crippen LogP contribution in [0.1, 0.15) is 154 Å². The van der Waals surface area contributed by atoms with Gasteiger partial charge in [-0.1, -0.05) is 62.3 Å². The van der Waals surface area contributed by atoms with E-state index in [-0.39, 0.29) is 17.5 Å². The largest absolute Gasteiger partial charge is 0.462 e. The molecule has 5 fully saturated rings. The molecule has 0 unspecified atom stereocenters. The molecule has 0 heterocycles. The highest BCUT2D eigenvalue weighted by molar-refractivity contribution is 5.75. The van der Waals surface area contributed by atoms with Gasteiger partial charge in [0.1, 0.15) is 6.10 Å². The van der Waals surface area contributed by atoms with Gasteiger partial charge in [0, 0.05) is 0 Å². The highest BCUT2D eigenvalue weighted by Gasteiger charge is 2.75. The summed E-state index contributed by atoms with van der Waals surface area (Å²) in [6, 6.07) is 0. The molecule has 5 saturated carbocycles. The minimum atomic E-state index is -0.430. The van der Waals surface area contributed by atoms with Gasteiger partial charge in [-0.2, -0.15) is 0 Å². The Labute approximate surface area is 236 Å². The summed E-state index contributed by atoms with van der Waals surface area (Å²) in [5, 5.41) is 0. The first-order valence-electron chi connectivity index (χ1n) is 16.4. The van der Waals surface area contributed by atoms with Crippen molar-refractivity contribution in [1.29, 1.82) is 0 Å². The van der Waals surface area contributed by atoms with E-state index in [1.54, 1.807) is 0 Å². The second-order valence-corrected chi connectivity index (χ2v) is 18.7. The normalized spacial score (nSPS) is 54.1. The van der Waals surface area contributed by atoms with Crippen LogP contribution in [0, 0.1) is 61.1 Å². The molecule has 218 valence electrons. The maximum absolute atomic E-state index is 12.9. The molecular formula is C36H62O2. The number of rotatable bonds is 1. The number of hydrogen-bond acceptors (Lipinski definition) is 2. The fraction of sp³-hybridized carbons (Fsp3) is 0.972. The Kier molecular flexibility index (Phi) is 6.31. The van der Waals surface area contributed by atoms with Crippen LogP contribution in [0.3, 0.4) is 0 Å². The molecule has 38 heavy (non-hydrogen) atoms. The van der Waals surface area contributed by atoms with Gasteiger partial charge in [-0.15, -0.1) is 0 Å². The Bertz CT molecular complexity index is 974. The fourth-order valence-corrected chi connectivity index (χ4v) is 12.2. The number of esters is 1. The molecule has 0 bridgehead atoms. The molecule has 2 heteroatoms. The van der Waals surface area contributed by atoms with E-state index in [0.717, 1.165) is 12.3 Å². The van der Waals surface area contributed by atoms with Crippen molar-refractivity contribution in [3.05, 3.63) is 0 Å². The first kappa shape index (κ1) is 29.0.